The van der Waals surface area contributed by atoms with E-state index in [4.69, 9.17) is 5.53 Å². The van der Waals surface area contributed by atoms with Crippen LogP contribution in [0.2, 0.25) is 0 Å². The van der Waals surface area contributed by atoms with Crippen molar-refractivity contribution >= 4 is 16.6 Å². The molecule has 0 unspecified atom stereocenters. The van der Waals surface area contributed by atoms with Crippen LogP contribution in [0.5, 0.6) is 0 Å². The average Bonchev–Trinajstić information content (AvgIpc) is 3.19. The maximum absolute atomic E-state index is 6.75. The van der Waals surface area contributed by atoms with E-state index in [0.29, 0.717) is 18.4 Å². The van der Waals surface area contributed by atoms with Crippen LogP contribution in [0.3, 0.4) is 0 Å². The molecule has 3 heterocycles. The first-order valence-electron chi connectivity index (χ1n) is 7.57. The van der Waals surface area contributed by atoms with E-state index < -0.39 is 0 Å². The summed E-state index contributed by atoms with van der Waals surface area (Å²) in [7, 11) is 0. The molecule has 8 nitrogen and oxygen atoms in total. The fourth-order valence-electron chi connectivity index (χ4n) is 3.47. The molecule has 1 fully saturated rings. The van der Waals surface area contributed by atoms with Crippen molar-refractivity contribution in [1.82, 2.24) is 29.7 Å². The summed E-state index contributed by atoms with van der Waals surface area (Å²) in [6.07, 6.45) is 7.98. The number of H-pyrrole nitrogens is 1. The maximum atomic E-state index is 6.75. The van der Waals surface area contributed by atoms with Gasteiger partial charge in [-0.2, -0.15) is 0 Å². The van der Waals surface area contributed by atoms with Crippen molar-refractivity contribution in [2.45, 2.75) is 31.6 Å². The number of rotatable bonds is 3. The molecule has 1 aliphatic carbocycles. The first-order chi connectivity index (χ1) is 10.9. The minimum atomic E-state index is 0.433. The van der Waals surface area contributed by atoms with Crippen LogP contribution < -0.4 is 4.91 Å². The summed E-state index contributed by atoms with van der Waals surface area (Å²) in [5.74, 6) is 0.975. The average molecular weight is 297 g/mol. The number of nitrogens with one attached hydrogen (secondary N) is 2. The van der Waals surface area contributed by atoms with E-state index in [9.17, 15) is 0 Å². The predicted molar refractivity (Wildman–Crippen MR) is 79.5 cm³/mol. The Kier molecular flexibility index (Phi) is 3.16. The Morgan fingerprint density at radius 2 is 2.23 bits per heavy atom. The first-order valence-corrected chi connectivity index (χ1v) is 7.57. The summed E-state index contributed by atoms with van der Waals surface area (Å²) in [5.41, 5.74) is 9.78. The zero-order valence-corrected chi connectivity index (χ0v) is 12.1. The van der Waals surface area contributed by atoms with Crippen LogP contribution in [-0.4, -0.2) is 31.3 Å². The molecule has 0 atom stereocenters. The molecule has 0 saturated heterocycles. The van der Waals surface area contributed by atoms with Gasteiger partial charge in [-0.3, -0.25) is 0 Å². The third kappa shape index (κ3) is 2.08. The molecule has 0 aliphatic heterocycles. The Labute approximate surface area is 126 Å². The van der Waals surface area contributed by atoms with Crippen molar-refractivity contribution in [3.05, 3.63) is 24.3 Å². The van der Waals surface area contributed by atoms with E-state index >= 15 is 0 Å². The molecule has 22 heavy (non-hydrogen) atoms. The Balaban J connectivity index is 1.65. The quantitative estimate of drug-likeness (QED) is 0.572. The highest BCUT2D eigenvalue weighted by molar-refractivity contribution is 5.92. The summed E-state index contributed by atoms with van der Waals surface area (Å²) in [6.45, 7) is 0.671. The van der Waals surface area contributed by atoms with Crippen molar-refractivity contribution < 1.29 is 0 Å². The van der Waals surface area contributed by atoms with Gasteiger partial charge < -0.3 is 4.98 Å². The van der Waals surface area contributed by atoms with Crippen LogP contribution in [-0.2, 0) is 0 Å². The number of nitrogens with zero attached hydrogens (tertiary/aromatic N) is 6. The number of hydrogen-bond donors (Lipinski definition) is 2. The third-order valence-corrected chi connectivity index (χ3v) is 4.64. The molecular weight excluding hydrogens is 280 g/mol. The maximum Gasteiger partial charge on any atom is 0.214 e. The zero-order chi connectivity index (χ0) is 14.9. The summed E-state index contributed by atoms with van der Waals surface area (Å²) in [5, 5.41) is 13.5. The van der Waals surface area contributed by atoms with E-state index in [1.54, 1.807) is 10.8 Å². The smallest absolute Gasteiger partial charge is 0.214 e. The van der Waals surface area contributed by atoms with Crippen molar-refractivity contribution in [2.75, 3.05) is 6.54 Å². The lowest BCUT2D eigenvalue weighted by atomic mass is 9.80. The standard InChI is InChI=1S/C14H17N8/c15-20-18-7-9-1-3-10(4-2-9)12-13-11-5-6-16-14(11)17-8-22(13)21-19-12/h5-6,8-10,15-16H,1-4,7H2/q+1. The highest BCUT2D eigenvalue weighted by atomic mass is 15.4. The van der Waals surface area contributed by atoms with Crippen LogP contribution in [0.4, 0.5) is 0 Å². The highest BCUT2D eigenvalue weighted by Gasteiger charge is 2.27. The molecule has 1 saturated carbocycles. The summed E-state index contributed by atoms with van der Waals surface area (Å²) in [6, 6.07) is 2.03. The van der Waals surface area contributed by atoms with Crippen LogP contribution in [0.25, 0.3) is 16.6 Å². The predicted octanol–water partition coefficient (Wildman–Crippen LogP) is 2.43. The molecule has 2 N–H and O–H groups in total. The Morgan fingerprint density at radius 1 is 1.36 bits per heavy atom. The van der Waals surface area contributed by atoms with Crippen LogP contribution >= 0.6 is 0 Å². The SMILES string of the molecule is N=[N+]=NCC1CCC(c2nnn3cnc4[nH]ccc4c23)CC1. The number of aromatic nitrogens is 5. The lowest BCUT2D eigenvalue weighted by Crippen LogP contribution is -2.16. The fourth-order valence-corrected chi connectivity index (χ4v) is 3.47. The van der Waals surface area contributed by atoms with E-state index in [-0.39, 0.29) is 0 Å². The molecule has 112 valence electrons. The lowest BCUT2D eigenvalue weighted by molar-refractivity contribution is 0.327. The molecule has 0 radical (unpaired) electrons. The normalized spacial score (nSPS) is 22.0. The second kappa shape index (κ2) is 5.31. The van der Waals surface area contributed by atoms with Crippen LogP contribution in [0.15, 0.2) is 23.7 Å². The molecule has 0 spiro atoms. The largest absolute Gasteiger partial charge is 0.346 e. The topological polar surface area (TPSA) is 109 Å². The van der Waals surface area contributed by atoms with Gasteiger partial charge in [0.2, 0.25) is 4.91 Å². The van der Waals surface area contributed by atoms with Crippen molar-refractivity contribution in [3.63, 3.8) is 0 Å². The molecule has 0 aromatic carbocycles. The number of fused-ring (bicyclic) bond motifs is 3. The molecule has 0 amide bonds. The molecule has 0 bridgehead atoms. The summed E-state index contributed by atoms with van der Waals surface area (Å²) < 4.78 is 1.77. The van der Waals surface area contributed by atoms with Gasteiger partial charge in [-0.25, -0.2) is 9.50 Å². The molecule has 8 heteroatoms. The van der Waals surface area contributed by atoms with Gasteiger partial charge in [-0.1, -0.05) is 5.21 Å². The zero-order valence-electron chi connectivity index (χ0n) is 12.1. The van der Waals surface area contributed by atoms with Crippen LogP contribution in [0, 0.1) is 11.4 Å². The van der Waals surface area contributed by atoms with Crippen molar-refractivity contribution in [2.24, 2.45) is 11.0 Å². The first kappa shape index (κ1) is 13.1. The monoisotopic (exact) mass is 297 g/mol. The molecule has 1 aliphatic rings. The van der Waals surface area contributed by atoms with Gasteiger partial charge >= 0.3 is 0 Å². The Bertz CT molecular complexity index is 848. The third-order valence-electron chi connectivity index (χ3n) is 4.64. The van der Waals surface area contributed by atoms with Gasteiger partial charge in [0, 0.05) is 17.5 Å². The molecule has 3 aromatic rings. The molecule has 4 rings (SSSR count). The van der Waals surface area contributed by atoms with Gasteiger partial charge in [-0.05, 0) is 37.7 Å². The van der Waals surface area contributed by atoms with Crippen LogP contribution in [0.1, 0.15) is 37.3 Å². The van der Waals surface area contributed by atoms with Gasteiger partial charge in [0.15, 0.2) is 0 Å². The van der Waals surface area contributed by atoms with E-state index in [2.05, 4.69) is 30.3 Å². The van der Waals surface area contributed by atoms with Gasteiger partial charge in [0.25, 0.3) is 0 Å². The number of aromatic amines is 1. The summed E-state index contributed by atoms with van der Waals surface area (Å²) >= 11 is 0. The second-order valence-corrected chi connectivity index (χ2v) is 5.89. The Morgan fingerprint density at radius 3 is 3.05 bits per heavy atom. The number of hydrogen-bond acceptors (Lipinski definition) is 5. The lowest BCUT2D eigenvalue weighted by Gasteiger charge is -2.25. The molecule has 3 aromatic heterocycles. The fraction of sp³-hybridized carbons (Fsp3) is 0.500. The van der Waals surface area contributed by atoms with Crippen molar-refractivity contribution in [3.8, 4) is 0 Å². The van der Waals surface area contributed by atoms with E-state index in [1.807, 2.05) is 12.3 Å². The van der Waals surface area contributed by atoms with Gasteiger partial charge in [0.1, 0.15) is 34.7 Å². The molecular formula is C14H17N8+. The summed E-state index contributed by atoms with van der Waals surface area (Å²) in [4.78, 5) is 10.6. The second-order valence-electron chi connectivity index (χ2n) is 5.89. The van der Waals surface area contributed by atoms with Gasteiger partial charge in [-0.15, -0.1) is 5.10 Å². The van der Waals surface area contributed by atoms with Crippen molar-refractivity contribution in [1.29, 1.82) is 5.53 Å². The van der Waals surface area contributed by atoms with E-state index in [0.717, 1.165) is 47.9 Å². The minimum absolute atomic E-state index is 0.433. The minimum Gasteiger partial charge on any atom is -0.346 e. The highest BCUT2D eigenvalue weighted by Crippen LogP contribution is 2.37. The van der Waals surface area contributed by atoms with E-state index in [1.165, 1.54) is 0 Å². The van der Waals surface area contributed by atoms with Gasteiger partial charge in [0.05, 0.1) is 5.69 Å². The Hall–Kier alpha value is -2.60.